The molecular weight excluding hydrogens is 348 g/mol. The van der Waals surface area contributed by atoms with Gasteiger partial charge in [0.25, 0.3) is 0 Å². The Labute approximate surface area is 148 Å². The van der Waals surface area contributed by atoms with Crippen molar-refractivity contribution in [3.8, 4) is 0 Å². The zero-order valence-corrected chi connectivity index (χ0v) is 14.8. The van der Waals surface area contributed by atoms with Crippen LogP contribution >= 0.6 is 23.5 Å². The van der Waals surface area contributed by atoms with Crippen LogP contribution in [-0.4, -0.2) is 22.3 Å². The van der Waals surface area contributed by atoms with E-state index in [4.69, 9.17) is 0 Å². The minimum absolute atomic E-state index is 0.0549. The highest BCUT2D eigenvalue weighted by Gasteiger charge is 2.33. The van der Waals surface area contributed by atoms with E-state index in [0.717, 1.165) is 29.5 Å². The summed E-state index contributed by atoms with van der Waals surface area (Å²) in [4.78, 5) is 15.0. The van der Waals surface area contributed by atoms with Gasteiger partial charge >= 0.3 is 0 Å². The Hall–Kier alpha value is -1.53. The molecule has 1 unspecified atom stereocenters. The highest BCUT2D eigenvalue weighted by atomic mass is 32.2. The quantitative estimate of drug-likeness (QED) is 0.707. The number of rotatable bonds is 5. The molecule has 2 nitrogen and oxygen atoms in total. The topological polar surface area (TPSA) is 20.3 Å². The molecule has 1 atom stereocenters. The number of benzene rings is 2. The normalized spacial score (nSPS) is 17.5. The van der Waals surface area contributed by atoms with Gasteiger partial charge in [0, 0.05) is 10.5 Å². The number of carbonyl (C=O) groups excluding carboxylic acids is 1. The number of carbonyl (C=O) groups is 1. The third-order valence-corrected chi connectivity index (χ3v) is 5.94. The molecule has 1 saturated heterocycles. The Balaban J connectivity index is 1.82. The molecule has 3 rings (SSSR count). The molecular formula is C18H17F2NOS2. The second kappa shape index (κ2) is 7.57. The molecule has 6 heteroatoms. The summed E-state index contributed by atoms with van der Waals surface area (Å²) in [6.07, 6.45) is 0. The summed E-state index contributed by atoms with van der Waals surface area (Å²) in [5, 5.41) is -0.166. The van der Waals surface area contributed by atoms with Crippen LogP contribution in [0.3, 0.4) is 0 Å². The Morgan fingerprint density at radius 2 is 1.96 bits per heavy atom. The smallest absolute Gasteiger partial charge is 0.234 e. The lowest BCUT2D eigenvalue weighted by Gasteiger charge is -2.24. The molecule has 1 aliphatic heterocycles. The number of hydrogen-bond donors (Lipinski definition) is 0. The van der Waals surface area contributed by atoms with Crippen molar-refractivity contribution in [3.05, 3.63) is 65.2 Å². The fourth-order valence-corrected chi connectivity index (χ4v) is 4.49. The van der Waals surface area contributed by atoms with E-state index < -0.39 is 11.6 Å². The molecule has 24 heavy (non-hydrogen) atoms. The van der Waals surface area contributed by atoms with Crippen molar-refractivity contribution in [1.82, 2.24) is 4.90 Å². The van der Waals surface area contributed by atoms with Gasteiger partial charge in [-0.2, -0.15) is 0 Å². The Morgan fingerprint density at radius 1 is 1.21 bits per heavy atom. The molecule has 1 heterocycles. The summed E-state index contributed by atoms with van der Waals surface area (Å²) in [7, 11) is 0. The lowest BCUT2D eigenvalue weighted by atomic mass is 10.1. The summed E-state index contributed by atoms with van der Waals surface area (Å²) < 4.78 is 27.3. The van der Waals surface area contributed by atoms with Crippen LogP contribution in [0.2, 0.25) is 0 Å². The Morgan fingerprint density at radius 3 is 2.67 bits per heavy atom. The maximum Gasteiger partial charge on any atom is 0.234 e. The number of amides is 1. The van der Waals surface area contributed by atoms with E-state index in [2.05, 4.69) is 6.92 Å². The summed E-state index contributed by atoms with van der Waals surface area (Å²) in [5.41, 5.74) is 1.21. The average Bonchev–Trinajstić information content (AvgIpc) is 2.93. The average molecular weight is 365 g/mol. The molecule has 2 aromatic carbocycles. The van der Waals surface area contributed by atoms with Gasteiger partial charge < -0.3 is 4.90 Å². The predicted octanol–water partition coefficient (Wildman–Crippen LogP) is 4.85. The van der Waals surface area contributed by atoms with Gasteiger partial charge in [-0.15, -0.1) is 23.5 Å². The Kier molecular flexibility index (Phi) is 5.46. The monoisotopic (exact) mass is 365 g/mol. The number of halogens is 2. The molecule has 0 saturated carbocycles. The lowest BCUT2D eigenvalue weighted by molar-refractivity contribution is -0.128. The largest absolute Gasteiger partial charge is 0.321 e. The highest BCUT2D eigenvalue weighted by molar-refractivity contribution is 8.00. The molecule has 0 N–H and O–H groups in total. The third kappa shape index (κ3) is 3.75. The van der Waals surface area contributed by atoms with Crippen LogP contribution < -0.4 is 0 Å². The van der Waals surface area contributed by atoms with Crippen LogP contribution in [0.25, 0.3) is 0 Å². The first-order valence-electron chi connectivity index (χ1n) is 7.66. The van der Waals surface area contributed by atoms with Crippen molar-refractivity contribution in [2.45, 2.75) is 23.7 Å². The maximum atomic E-state index is 13.9. The second-order valence-electron chi connectivity index (χ2n) is 5.42. The van der Waals surface area contributed by atoms with Gasteiger partial charge in [0.05, 0.1) is 12.3 Å². The van der Waals surface area contributed by atoms with E-state index >= 15 is 0 Å². The molecule has 0 aliphatic carbocycles. The summed E-state index contributed by atoms with van der Waals surface area (Å²) in [6, 6.07) is 11.4. The van der Waals surface area contributed by atoms with E-state index in [0.29, 0.717) is 5.75 Å². The van der Waals surface area contributed by atoms with Crippen molar-refractivity contribution in [2.75, 3.05) is 11.5 Å². The fourth-order valence-electron chi connectivity index (χ4n) is 2.64. The van der Waals surface area contributed by atoms with Gasteiger partial charge in [0.1, 0.15) is 17.0 Å². The van der Waals surface area contributed by atoms with Crippen LogP contribution in [0.5, 0.6) is 0 Å². The van der Waals surface area contributed by atoms with Crippen LogP contribution in [0.1, 0.15) is 23.4 Å². The fraction of sp³-hybridized carbons (Fsp3) is 0.278. The molecule has 1 aliphatic rings. The summed E-state index contributed by atoms with van der Waals surface area (Å²) in [5.74, 6) is 0.312. The van der Waals surface area contributed by atoms with E-state index in [-0.39, 0.29) is 23.4 Å². The molecule has 1 fully saturated rings. The van der Waals surface area contributed by atoms with Crippen molar-refractivity contribution in [3.63, 3.8) is 0 Å². The van der Waals surface area contributed by atoms with Gasteiger partial charge in [-0.3, -0.25) is 4.79 Å². The zero-order valence-electron chi connectivity index (χ0n) is 13.2. The van der Waals surface area contributed by atoms with E-state index in [1.165, 1.54) is 16.7 Å². The maximum absolute atomic E-state index is 13.9. The van der Waals surface area contributed by atoms with Gasteiger partial charge in [0.15, 0.2) is 0 Å². The van der Waals surface area contributed by atoms with Crippen LogP contribution in [0, 0.1) is 11.6 Å². The standard InChI is InChI=1S/C18H17F2NOS2/c1-2-23-15-6-3-12(4-7-15)18-21(17(22)11-24-18)10-13-9-14(19)5-8-16(13)20/h3-9,18H,2,10-11H2,1H3. The Bertz CT molecular complexity index is 736. The number of hydrogen-bond acceptors (Lipinski definition) is 3. The first-order valence-corrected chi connectivity index (χ1v) is 9.69. The lowest BCUT2D eigenvalue weighted by Crippen LogP contribution is -2.28. The molecule has 0 radical (unpaired) electrons. The SMILES string of the molecule is CCSc1ccc(C2SCC(=O)N2Cc2cc(F)ccc2F)cc1. The molecule has 0 spiro atoms. The minimum atomic E-state index is -0.497. The van der Waals surface area contributed by atoms with Crippen molar-refractivity contribution >= 4 is 29.4 Å². The zero-order chi connectivity index (χ0) is 17.1. The molecule has 1 amide bonds. The predicted molar refractivity (Wildman–Crippen MR) is 94.9 cm³/mol. The summed E-state index contributed by atoms with van der Waals surface area (Å²) in [6.45, 7) is 2.17. The van der Waals surface area contributed by atoms with Crippen molar-refractivity contribution < 1.29 is 13.6 Å². The minimum Gasteiger partial charge on any atom is -0.321 e. The molecule has 126 valence electrons. The van der Waals surface area contributed by atoms with Crippen molar-refractivity contribution in [1.29, 1.82) is 0 Å². The van der Waals surface area contributed by atoms with E-state index in [1.807, 2.05) is 24.3 Å². The van der Waals surface area contributed by atoms with Gasteiger partial charge in [-0.05, 0) is 41.6 Å². The van der Waals surface area contributed by atoms with Gasteiger partial charge in [0.2, 0.25) is 5.91 Å². The van der Waals surface area contributed by atoms with E-state index in [1.54, 1.807) is 16.7 Å². The van der Waals surface area contributed by atoms with Crippen molar-refractivity contribution in [2.24, 2.45) is 0 Å². The van der Waals surface area contributed by atoms with Gasteiger partial charge in [-0.1, -0.05) is 19.1 Å². The molecule has 0 bridgehead atoms. The van der Waals surface area contributed by atoms with Crippen LogP contribution in [0.4, 0.5) is 8.78 Å². The van der Waals surface area contributed by atoms with Gasteiger partial charge in [-0.25, -0.2) is 8.78 Å². The van der Waals surface area contributed by atoms with Crippen LogP contribution in [-0.2, 0) is 11.3 Å². The number of thioether (sulfide) groups is 2. The summed E-state index contributed by atoms with van der Waals surface area (Å²) >= 11 is 3.27. The van der Waals surface area contributed by atoms with Crippen LogP contribution in [0.15, 0.2) is 47.4 Å². The van der Waals surface area contributed by atoms with E-state index in [9.17, 15) is 13.6 Å². The first-order chi connectivity index (χ1) is 11.6. The molecule has 2 aromatic rings. The number of nitrogens with zero attached hydrogens (tertiary/aromatic N) is 1. The second-order valence-corrected chi connectivity index (χ2v) is 7.83. The molecule has 0 aromatic heterocycles. The highest BCUT2D eigenvalue weighted by Crippen LogP contribution is 2.40. The first kappa shape index (κ1) is 17.3. The third-order valence-electron chi connectivity index (χ3n) is 3.79.